The number of fused-ring (bicyclic) bond motifs is 2. The summed E-state index contributed by atoms with van der Waals surface area (Å²) >= 11 is 0. The van der Waals surface area contributed by atoms with Gasteiger partial charge in [-0.3, -0.25) is 4.79 Å². The van der Waals surface area contributed by atoms with E-state index < -0.39 is 0 Å². The number of aryl methyl sites for hydroxylation is 1. The number of anilines is 3. The van der Waals surface area contributed by atoms with E-state index in [-0.39, 0.29) is 18.1 Å². The summed E-state index contributed by atoms with van der Waals surface area (Å²) in [6.45, 7) is 4.69. The molecule has 2 aliphatic heterocycles. The van der Waals surface area contributed by atoms with Crippen molar-refractivity contribution in [2.24, 2.45) is 0 Å². The van der Waals surface area contributed by atoms with Crippen molar-refractivity contribution in [3.8, 4) is 11.5 Å². The number of benzene rings is 2. The summed E-state index contributed by atoms with van der Waals surface area (Å²) in [5, 5.41) is 6.90. The number of rotatable bonds is 6. The molecule has 0 aliphatic carbocycles. The summed E-state index contributed by atoms with van der Waals surface area (Å²) in [5.74, 6) is 2.13. The molecule has 3 aromatic rings. The van der Waals surface area contributed by atoms with Gasteiger partial charge in [0.1, 0.15) is 30.5 Å². The number of nitrogens with zero attached hydrogens (tertiary/aromatic N) is 1. The maximum atomic E-state index is 11.6. The van der Waals surface area contributed by atoms with Gasteiger partial charge in [-0.05, 0) is 42.8 Å². The van der Waals surface area contributed by atoms with Crippen LogP contribution in [0.1, 0.15) is 42.2 Å². The smallest absolute Gasteiger partial charge is 0.306 e. The van der Waals surface area contributed by atoms with Gasteiger partial charge in [-0.1, -0.05) is 19.1 Å². The number of ether oxygens (including phenoxy) is 3. The van der Waals surface area contributed by atoms with Crippen LogP contribution in [0.4, 0.5) is 17.2 Å². The number of carbonyl (C=O) groups excluding carboxylic acids is 1. The van der Waals surface area contributed by atoms with Gasteiger partial charge in [0, 0.05) is 35.5 Å². The number of esters is 1. The number of para-hydroxylation sites is 1. The van der Waals surface area contributed by atoms with Crippen molar-refractivity contribution >= 4 is 23.2 Å². The van der Waals surface area contributed by atoms with Crippen LogP contribution in [0.5, 0.6) is 11.5 Å². The lowest BCUT2D eigenvalue weighted by Gasteiger charge is -2.15. The van der Waals surface area contributed by atoms with Gasteiger partial charge in [-0.15, -0.1) is 0 Å². The molecule has 2 aromatic carbocycles. The molecule has 7 heteroatoms. The molecular formula is C25H25N3O4. The number of carbonyl (C=O) groups is 1. The van der Waals surface area contributed by atoms with Crippen LogP contribution in [0.2, 0.25) is 0 Å². The molecule has 32 heavy (non-hydrogen) atoms. The summed E-state index contributed by atoms with van der Waals surface area (Å²) < 4.78 is 17.3. The van der Waals surface area contributed by atoms with E-state index in [9.17, 15) is 4.79 Å². The Morgan fingerprint density at radius 1 is 1.12 bits per heavy atom. The second-order valence-electron chi connectivity index (χ2n) is 7.97. The highest BCUT2D eigenvalue weighted by molar-refractivity contribution is 5.70. The van der Waals surface area contributed by atoms with Crippen LogP contribution in [0.25, 0.3) is 0 Å². The summed E-state index contributed by atoms with van der Waals surface area (Å²) in [6, 6.07) is 15.9. The fourth-order valence-electron chi connectivity index (χ4n) is 4.02. The van der Waals surface area contributed by atoms with Crippen molar-refractivity contribution in [3.05, 3.63) is 71.4 Å². The number of hydrogen-bond acceptors (Lipinski definition) is 7. The molecule has 0 unspecified atom stereocenters. The zero-order valence-electron chi connectivity index (χ0n) is 18.1. The average molecular weight is 431 g/mol. The van der Waals surface area contributed by atoms with Crippen molar-refractivity contribution in [2.45, 2.75) is 32.4 Å². The second-order valence-corrected chi connectivity index (χ2v) is 7.97. The standard InChI is InChI=1S/C25H25N3O4/c1-3-24(29)32-22-14-30-21-12-16(7-8-18(21)22)27-20-13-31-25-17(20)5-4-6-19(25)28-23-11-15(2)9-10-26-23/h4-12,20,22,27H,3,13-14H2,1-2H3,(H,26,28)/t20-,22-/m1/s1. The van der Waals surface area contributed by atoms with Gasteiger partial charge in [0.15, 0.2) is 6.10 Å². The molecular weight excluding hydrogens is 406 g/mol. The fourth-order valence-corrected chi connectivity index (χ4v) is 4.02. The SMILES string of the molecule is CCC(=O)O[C@@H]1COc2cc(N[C@@H]3COc4c(Nc5cc(C)ccn5)cccc43)ccc21. The second kappa shape index (κ2) is 8.42. The molecule has 3 heterocycles. The first-order valence-electron chi connectivity index (χ1n) is 10.8. The maximum Gasteiger partial charge on any atom is 0.306 e. The Kier molecular flexibility index (Phi) is 5.31. The maximum absolute atomic E-state index is 11.6. The molecule has 0 spiro atoms. The first-order chi connectivity index (χ1) is 15.6. The topological polar surface area (TPSA) is 81.7 Å². The van der Waals surface area contributed by atoms with Crippen molar-refractivity contribution in [1.29, 1.82) is 0 Å². The van der Waals surface area contributed by atoms with E-state index in [2.05, 4.69) is 21.7 Å². The minimum Gasteiger partial charge on any atom is -0.489 e. The number of aromatic nitrogens is 1. The van der Waals surface area contributed by atoms with Gasteiger partial charge < -0.3 is 24.8 Å². The van der Waals surface area contributed by atoms with E-state index >= 15 is 0 Å². The van der Waals surface area contributed by atoms with E-state index in [1.54, 1.807) is 13.1 Å². The molecule has 0 bridgehead atoms. The third-order valence-corrected chi connectivity index (χ3v) is 5.65. The van der Waals surface area contributed by atoms with Crippen LogP contribution < -0.4 is 20.1 Å². The molecule has 7 nitrogen and oxygen atoms in total. The highest BCUT2D eigenvalue weighted by Gasteiger charge is 2.29. The molecule has 2 aliphatic rings. The van der Waals surface area contributed by atoms with Crippen LogP contribution in [-0.4, -0.2) is 24.2 Å². The third-order valence-electron chi connectivity index (χ3n) is 5.65. The van der Waals surface area contributed by atoms with Crippen LogP contribution in [0, 0.1) is 6.92 Å². The molecule has 0 fully saturated rings. The van der Waals surface area contributed by atoms with Gasteiger partial charge >= 0.3 is 5.97 Å². The minimum absolute atomic E-state index is 0.00499. The number of hydrogen-bond donors (Lipinski definition) is 2. The zero-order valence-corrected chi connectivity index (χ0v) is 18.1. The summed E-state index contributed by atoms with van der Waals surface area (Å²) in [5.41, 5.74) is 4.94. The Morgan fingerprint density at radius 2 is 2.03 bits per heavy atom. The molecule has 0 radical (unpaired) electrons. The predicted octanol–water partition coefficient (Wildman–Crippen LogP) is 5.07. The van der Waals surface area contributed by atoms with Crippen LogP contribution >= 0.6 is 0 Å². The van der Waals surface area contributed by atoms with Crippen molar-refractivity contribution < 1.29 is 19.0 Å². The summed E-state index contributed by atoms with van der Waals surface area (Å²) in [6.07, 6.45) is 1.80. The van der Waals surface area contributed by atoms with Crippen LogP contribution in [0.15, 0.2) is 54.7 Å². The molecule has 2 atom stereocenters. The van der Waals surface area contributed by atoms with E-state index in [0.717, 1.165) is 45.4 Å². The first kappa shape index (κ1) is 20.2. The fraction of sp³-hybridized carbons (Fsp3) is 0.280. The summed E-state index contributed by atoms with van der Waals surface area (Å²) in [4.78, 5) is 16.0. The molecule has 0 amide bonds. The molecule has 164 valence electrons. The Morgan fingerprint density at radius 3 is 2.88 bits per heavy atom. The molecule has 2 N–H and O–H groups in total. The Balaban J connectivity index is 1.32. The first-order valence-corrected chi connectivity index (χ1v) is 10.8. The van der Waals surface area contributed by atoms with Crippen LogP contribution in [-0.2, 0) is 9.53 Å². The summed E-state index contributed by atoms with van der Waals surface area (Å²) in [7, 11) is 0. The molecule has 5 rings (SSSR count). The number of nitrogens with one attached hydrogen (secondary N) is 2. The van der Waals surface area contributed by atoms with E-state index in [4.69, 9.17) is 14.2 Å². The lowest BCUT2D eigenvalue weighted by molar-refractivity contribution is -0.149. The van der Waals surface area contributed by atoms with Gasteiger partial charge in [-0.25, -0.2) is 4.98 Å². The van der Waals surface area contributed by atoms with E-state index in [1.807, 2.05) is 49.4 Å². The van der Waals surface area contributed by atoms with Gasteiger partial charge in [0.2, 0.25) is 0 Å². The minimum atomic E-state index is -0.342. The normalized spacial score (nSPS) is 18.2. The molecule has 0 saturated carbocycles. The quantitative estimate of drug-likeness (QED) is 0.528. The van der Waals surface area contributed by atoms with Gasteiger partial charge in [0.05, 0.1) is 11.7 Å². The van der Waals surface area contributed by atoms with Crippen LogP contribution in [0.3, 0.4) is 0 Å². The van der Waals surface area contributed by atoms with Crippen molar-refractivity contribution in [1.82, 2.24) is 4.98 Å². The zero-order chi connectivity index (χ0) is 22.1. The average Bonchev–Trinajstić information content (AvgIpc) is 3.38. The largest absolute Gasteiger partial charge is 0.489 e. The molecule has 1 aromatic heterocycles. The Labute approximate surface area is 186 Å². The van der Waals surface area contributed by atoms with Gasteiger partial charge in [-0.2, -0.15) is 0 Å². The number of pyridine rings is 1. The third kappa shape index (κ3) is 3.93. The van der Waals surface area contributed by atoms with Crippen molar-refractivity contribution in [2.75, 3.05) is 23.8 Å². The Hall–Kier alpha value is -3.74. The van der Waals surface area contributed by atoms with E-state index in [1.165, 1.54) is 0 Å². The van der Waals surface area contributed by atoms with Crippen molar-refractivity contribution in [3.63, 3.8) is 0 Å². The lowest BCUT2D eigenvalue weighted by Crippen LogP contribution is -2.12. The highest BCUT2D eigenvalue weighted by Crippen LogP contribution is 2.42. The highest BCUT2D eigenvalue weighted by atomic mass is 16.6. The van der Waals surface area contributed by atoms with E-state index in [0.29, 0.717) is 19.6 Å². The van der Waals surface area contributed by atoms with Gasteiger partial charge in [0.25, 0.3) is 0 Å². The lowest BCUT2D eigenvalue weighted by atomic mass is 10.1. The Bertz CT molecular complexity index is 1160. The molecule has 0 saturated heterocycles. The monoisotopic (exact) mass is 431 g/mol. The predicted molar refractivity (Wildman–Crippen MR) is 122 cm³/mol.